The third kappa shape index (κ3) is 4.08. The van der Waals surface area contributed by atoms with Crippen LogP contribution in [0.4, 0.5) is 11.4 Å². The minimum absolute atomic E-state index is 0.145. The van der Waals surface area contributed by atoms with E-state index >= 15 is 0 Å². The fourth-order valence-corrected chi connectivity index (χ4v) is 2.85. The number of nitrogens with zero attached hydrogens (tertiary/aromatic N) is 4. The topological polar surface area (TPSA) is 106 Å². The number of hydrogen-bond donors (Lipinski definition) is 0. The molecule has 0 aliphatic carbocycles. The van der Waals surface area contributed by atoms with E-state index in [-0.39, 0.29) is 4.59 Å². The van der Waals surface area contributed by atoms with Gasteiger partial charge >= 0.3 is 0 Å². The molecule has 0 amide bonds. The van der Waals surface area contributed by atoms with Gasteiger partial charge in [0, 0.05) is 29.5 Å². The highest BCUT2D eigenvalue weighted by atomic mass is 35.6. The van der Waals surface area contributed by atoms with Crippen LogP contribution < -0.4 is 18.6 Å². The maximum absolute atomic E-state index is 8.41. The number of halogens is 1. The summed E-state index contributed by atoms with van der Waals surface area (Å²) >= 11 is 0. The standard InChI is InChI=1S/C19H15N4.ClO3/c1-4-10-16(11-5-1)19-20-21-22-23(19,17-12-6-2-7-13-17)18-14-8-3-9-15-18;2-1(3)4/h1-15H;/q+1;-1. The largest absolute Gasteiger partial charge is 0.357 e. The summed E-state index contributed by atoms with van der Waals surface area (Å²) in [5, 5.41) is 12.9. The molecule has 0 fully saturated rings. The molecule has 0 aromatic heterocycles. The van der Waals surface area contributed by atoms with Gasteiger partial charge in [-0.05, 0) is 12.1 Å². The zero-order valence-corrected chi connectivity index (χ0v) is 14.8. The zero-order chi connectivity index (χ0) is 19.1. The lowest BCUT2D eigenvalue weighted by Gasteiger charge is -2.26. The van der Waals surface area contributed by atoms with Crippen LogP contribution in [0, 0.1) is 10.8 Å². The van der Waals surface area contributed by atoms with Gasteiger partial charge in [-0.3, -0.25) is 0 Å². The molecule has 7 nitrogen and oxygen atoms in total. The molecule has 3 aromatic rings. The first kappa shape index (κ1) is 18.8. The number of amidine groups is 1. The van der Waals surface area contributed by atoms with E-state index in [2.05, 4.69) is 39.8 Å². The Bertz CT molecular complexity index is 877. The highest BCUT2D eigenvalue weighted by molar-refractivity contribution is 6.09. The highest BCUT2D eigenvalue weighted by Crippen LogP contribution is 2.40. The molecule has 136 valence electrons. The maximum atomic E-state index is 8.41. The van der Waals surface area contributed by atoms with Gasteiger partial charge in [0.15, 0.2) is 11.4 Å². The van der Waals surface area contributed by atoms with Crippen LogP contribution in [-0.2, 0) is 0 Å². The molecule has 0 N–H and O–H groups in total. The van der Waals surface area contributed by atoms with Crippen molar-refractivity contribution in [2.75, 3.05) is 0 Å². The van der Waals surface area contributed by atoms with E-state index in [1.54, 1.807) is 0 Å². The van der Waals surface area contributed by atoms with Crippen LogP contribution in [0.15, 0.2) is 107 Å². The Balaban J connectivity index is 0.000000481. The van der Waals surface area contributed by atoms with Gasteiger partial charge in [-0.1, -0.05) is 64.3 Å². The van der Waals surface area contributed by atoms with Crippen molar-refractivity contribution in [3.63, 3.8) is 0 Å². The van der Waals surface area contributed by atoms with Crippen molar-refractivity contribution in [1.29, 1.82) is 0 Å². The Labute approximate surface area is 159 Å². The van der Waals surface area contributed by atoms with E-state index in [1.165, 1.54) is 0 Å². The van der Waals surface area contributed by atoms with Crippen LogP contribution in [0.3, 0.4) is 0 Å². The second kappa shape index (κ2) is 8.63. The van der Waals surface area contributed by atoms with Crippen LogP contribution in [0.2, 0.25) is 0 Å². The lowest BCUT2D eigenvalue weighted by Crippen LogP contribution is -2.43. The number of quaternary nitrogens is 1. The SMILES string of the molecule is [O-][Cl+2]([O-])[O-].c1ccc(C2=NN=N[N+]2(c2ccccc2)c2ccccc2)cc1. The van der Waals surface area contributed by atoms with Crippen LogP contribution in [0.25, 0.3) is 0 Å². The van der Waals surface area contributed by atoms with Gasteiger partial charge in [0.25, 0.3) is 5.84 Å². The van der Waals surface area contributed by atoms with Crippen LogP contribution >= 0.6 is 0 Å². The highest BCUT2D eigenvalue weighted by Gasteiger charge is 2.45. The molecule has 3 aromatic carbocycles. The summed E-state index contributed by atoms with van der Waals surface area (Å²) < 4.78 is 25.4. The molecule has 1 heterocycles. The average molecular weight is 383 g/mol. The summed E-state index contributed by atoms with van der Waals surface area (Å²) in [7, 11) is -2.85. The molecule has 8 heteroatoms. The first-order chi connectivity index (χ1) is 13.1. The Morgan fingerprint density at radius 1 is 0.630 bits per heavy atom. The Morgan fingerprint density at radius 2 is 1.04 bits per heavy atom. The minimum atomic E-state index is -2.85. The molecule has 27 heavy (non-hydrogen) atoms. The fourth-order valence-electron chi connectivity index (χ4n) is 2.85. The average Bonchev–Trinajstić information content (AvgIpc) is 3.16. The van der Waals surface area contributed by atoms with Gasteiger partial charge in [-0.2, -0.15) is 0 Å². The van der Waals surface area contributed by atoms with Gasteiger partial charge in [-0.15, -0.1) is 0 Å². The van der Waals surface area contributed by atoms with E-state index < -0.39 is 10.8 Å². The molecule has 0 radical (unpaired) electrons. The monoisotopic (exact) mass is 382 g/mol. The third-order valence-electron chi connectivity index (χ3n) is 3.91. The first-order valence-corrected chi connectivity index (χ1v) is 8.87. The third-order valence-corrected chi connectivity index (χ3v) is 3.91. The second-order valence-corrected chi connectivity index (χ2v) is 5.84. The summed E-state index contributed by atoms with van der Waals surface area (Å²) in [6, 6.07) is 30.3. The van der Waals surface area contributed by atoms with Crippen molar-refractivity contribution in [2.45, 2.75) is 0 Å². The van der Waals surface area contributed by atoms with E-state index in [1.807, 2.05) is 66.7 Å². The van der Waals surface area contributed by atoms with Crippen molar-refractivity contribution in [3.8, 4) is 0 Å². The molecular formula is C19H15ClN4O3. The van der Waals surface area contributed by atoms with Gasteiger partial charge in [0.05, 0.1) is 21.6 Å². The predicted octanol–water partition coefficient (Wildman–Crippen LogP) is 1.50. The van der Waals surface area contributed by atoms with Crippen molar-refractivity contribution in [1.82, 2.24) is 4.59 Å². The number of benzene rings is 3. The number of hydrogen-bond acceptors (Lipinski definition) is 6. The second-order valence-electron chi connectivity index (χ2n) is 5.46. The molecule has 0 saturated carbocycles. The van der Waals surface area contributed by atoms with Crippen LogP contribution in [-0.4, -0.2) is 5.84 Å². The van der Waals surface area contributed by atoms with Gasteiger partial charge in [0.2, 0.25) is 0 Å². The number of para-hydroxylation sites is 2. The van der Waals surface area contributed by atoms with E-state index in [0.29, 0.717) is 0 Å². The summed E-state index contributed by atoms with van der Waals surface area (Å²) in [6.45, 7) is 0. The molecule has 1 aliphatic heterocycles. The van der Waals surface area contributed by atoms with Crippen LogP contribution in [0.5, 0.6) is 0 Å². The molecule has 4 rings (SSSR count). The van der Waals surface area contributed by atoms with Crippen LogP contribution in [0.1, 0.15) is 5.56 Å². The Hall–Kier alpha value is -2.94. The molecule has 0 unspecified atom stereocenters. The first-order valence-electron chi connectivity index (χ1n) is 7.94. The molecule has 1 aliphatic rings. The molecule has 0 bridgehead atoms. The predicted molar refractivity (Wildman–Crippen MR) is 92.2 cm³/mol. The molecule has 0 saturated heterocycles. The summed E-state index contributed by atoms with van der Waals surface area (Å²) in [5.41, 5.74) is 3.01. The quantitative estimate of drug-likeness (QED) is 0.640. The van der Waals surface area contributed by atoms with Gasteiger partial charge in [-0.25, -0.2) is 0 Å². The minimum Gasteiger partial charge on any atom is -0.357 e. The van der Waals surface area contributed by atoms with Gasteiger partial charge < -0.3 is 14.0 Å². The van der Waals surface area contributed by atoms with Crippen molar-refractivity contribution in [3.05, 3.63) is 96.6 Å². The number of rotatable bonds is 3. The summed E-state index contributed by atoms with van der Waals surface area (Å²) in [5.74, 6) is 0.794. The van der Waals surface area contributed by atoms with Crippen molar-refractivity contribution < 1.29 is 24.8 Å². The maximum Gasteiger partial charge on any atom is 0.294 e. The van der Waals surface area contributed by atoms with Crippen molar-refractivity contribution in [2.24, 2.45) is 15.5 Å². The molecular weight excluding hydrogens is 368 g/mol. The van der Waals surface area contributed by atoms with Gasteiger partial charge in [0.1, 0.15) is 0 Å². The van der Waals surface area contributed by atoms with E-state index in [0.717, 1.165) is 22.8 Å². The molecule has 0 spiro atoms. The summed E-state index contributed by atoms with van der Waals surface area (Å²) in [6.07, 6.45) is 0. The lowest BCUT2D eigenvalue weighted by atomic mass is 10.1. The normalized spacial score (nSPS) is 14.4. The Morgan fingerprint density at radius 3 is 1.48 bits per heavy atom. The molecule has 0 atom stereocenters. The Kier molecular flexibility index (Phi) is 6.02. The smallest absolute Gasteiger partial charge is 0.294 e. The zero-order valence-electron chi connectivity index (χ0n) is 14.1. The van der Waals surface area contributed by atoms with Crippen molar-refractivity contribution >= 4 is 17.2 Å². The lowest BCUT2D eigenvalue weighted by molar-refractivity contribution is -1.73. The van der Waals surface area contributed by atoms with E-state index in [9.17, 15) is 0 Å². The summed E-state index contributed by atoms with van der Waals surface area (Å²) in [4.78, 5) is 0. The van der Waals surface area contributed by atoms with E-state index in [4.69, 9.17) is 14.0 Å². The fraction of sp³-hybridized carbons (Fsp3) is 0.